The van der Waals surface area contributed by atoms with Gasteiger partial charge in [0.15, 0.2) is 12.0 Å². The molecule has 0 saturated carbocycles. The van der Waals surface area contributed by atoms with Crippen LogP contribution in [-0.4, -0.2) is 40.9 Å². The predicted octanol–water partition coefficient (Wildman–Crippen LogP) is 0.241. The third kappa shape index (κ3) is 1.30. The molecule has 3 atom stereocenters. The van der Waals surface area contributed by atoms with Gasteiger partial charge in [0.05, 0.1) is 0 Å². The smallest absolute Gasteiger partial charge is 0.376 e. The van der Waals surface area contributed by atoms with E-state index in [0.29, 0.717) is 6.42 Å². The van der Waals surface area contributed by atoms with Gasteiger partial charge in [-0.2, -0.15) is 0 Å². The SMILES string of the molecule is CB(O)N1C2CCC1[C@H](F)C(=O)C2. The Bertz CT molecular complexity index is 236. The summed E-state index contributed by atoms with van der Waals surface area (Å²) in [6, 6.07) is -0.296. The maximum atomic E-state index is 13.4. The summed E-state index contributed by atoms with van der Waals surface area (Å²) in [4.78, 5) is 12.9. The summed E-state index contributed by atoms with van der Waals surface area (Å²) < 4.78 is 13.4. The van der Waals surface area contributed by atoms with Crippen LogP contribution in [0.15, 0.2) is 0 Å². The molecule has 2 aliphatic heterocycles. The molecule has 0 amide bonds. The molecule has 0 aromatic carbocycles. The number of nitrogens with zero attached hydrogens (tertiary/aromatic N) is 1. The number of ketones is 1. The van der Waals surface area contributed by atoms with E-state index in [4.69, 9.17) is 0 Å². The second-order valence-corrected chi connectivity index (χ2v) is 3.95. The van der Waals surface area contributed by atoms with Crippen LogP contribution < -0.4 is 0 Å². The molecule has 2 rings (SSSR count). The van der Waals surface area contributed by atoms with Gasteiger partial charge >= 0.3 is 7.05 Å². The normalized spacial score (nSPS) is 39.6. The summed E-state index contributed by atoms with van der Waals surface area (Å²) in [5.74, 6) is -0.288. The van der Waals surface area contributed by atoms with E-state index >= 15 is 0 Å². The summed E-state index contributed by atoms with van der Waals surface area (Å²) >= 11 is 0. The zero-order valence-electron chi connectivity index (χ0n) is 7.61. The number of hydrogen-bond acceptors (Lipinski definition) is 3. The van der Waals surface area contributed by atoms with Gasteiger partial charge in [0.25, 0.3) is 0 Å². The Hall–Kier alpha value is -0.415. The first kappa shape index (κ1) is 9.15. The minimum Gasteiger partial charge on any atom is -0.437 e. The molecule has 2 bridgehead atoms. The average Bonchev–Trinajstić information content (AvgIpc) is 2.40. The number of halogens is 1. The monoisotopic (exact) mass is 185 g/mol. The van der Waals surface area contributed by atoms with Gasteiger partial charge in [0, 0.05) is 18.5 Å². The van der Waals surface area contributed by atoms with Crippen molar-refractivity contribution >= 4 is 12.8 Å². The second-order valence-electron chi connectivity index (χ2n) is 3.95. The fourth-order valence-electron chi connectivity index (χ4n) is 2.58. The lowest BCUT2D eigenvalue weighted by Crippen LogP contribution is -2.55. The molecular formula is C8H13BFNO2. The Morgan fingerprint density at radius 3 is 2.92 bits per heavy atom. The first-order chi connectivity index (χ1) is 6.11. The molecule has 0 aliphatic carbocycles. The van der Waals surface area contributed by atoms with E-state index in [2.05, 4.69) is 0 Å². The third-order valence-electron chi connectivity index (χ3n) is 3.11. The highest BCUT2D eigenvalue weighted by atomic mass is 19.1. The number of piperidine rings is 1. The lowest BCUT2D eigenvalue weighted by Gasteiger charge is -2.36. The molecule has 2 fully saturated rings. The van der Waals surface area contributed by atoms with Crippen LogP contribution in [0.2, 0.25) is 6.82 Å². The fourth-order valence-corrected chi connectivity index (χ4v) is 2.58. The zero-order chi connectivity index (χ0) is 9.59. The number of Topliss-reactive ketones (excluding diaryl/α,β-unsaturated/α-hetero) is 1. The summed E-state index contributed by atoms with van der Waals surface area (Å²) in [5.41, 5.74) is 0. The van der Waals surface area contributed by atoms with Crippen LogP contribution in [0.5, 0.6) is 0 Å². The van der Waals surface area contributed by atoms with Gasteiger partial charge in [-0.15, -0.1) is 0 Å². The molecule has 3 nitrogen and oxygen atoms in total. The molecule has 5 heteroatoms. The van der Waals surface area contributed by atoms with Crippen molar-refractivity contribution in [2.75, 3.05) is 0 Å². The Labute approximate surface area is 77.0 Å². The largest absolute Gasteiger partial charge is 0.437 e. The molecule has 0 radical (unpaired) electrons. The Kier molecular flexibility index (Phi) is 2.16. The average molecular weight is 185 g/mol. The van der Waals surface area contributed by atoms with Crippen molar-refractivity contribution in [2.24, 2.45) is 0 Å². The topological polar surface area (TPSA) is 40.5 Å². The first-order valence-electron chi connectivity index (χ1n) is 4.73. The minimum absolute atomic E-state index is 0.0736. The molecule has 2 saturated heterocycles. The summed E-state index contributed by atoms with van der Waals surface area (Å²) in [6.45, 7) is 1.63. The van der Waals surface area contributed by atoms with E-state index in [1.165, 1.54) is 0 Å². The van der Waals surface area contributed by atoms with E-state index in [1.54, 1.807) is 11.6 Å². The second kappa shape index (κ2) is 3.06. The van der Waals surface area contributed by atoms with Gasteiger partial charge in [-0.25, -0.2) is 4.39 Å². The summed E-state index contributed by atoms with van der Waals surface area (Å²) in [7, 11) is -0.635. The maximum Gasteiger partial charge on any atom is 0.376 e. The standard InChI is InChI=1S/C8H13BFNO2/c1-9(13)11-5-2-3-6(11)8(10)7(12)4-5/h5-6,8,13H,2-4H2,1H3/t5?,6?,8-/m0/s1. The van der Waals surface area contributed by atoms with Gasteiger partial charge in [-0.05, 0) is 19.7 Å². The lowest BCUT2D eigenvalue weighted by atomic mass is 9.79. The van der Waals surface area contributed by atoms with Crippen molar-refractivity contribution in [3.05, 3.63) is 0 Å². The van der Waals surface area contributed by atoms with Crippen LogP contribution in [0.3, 0.4) is 0 Å². The van der Waals surface area contributed by atoms with E-state index in [0.717, 1.165) is 6.42 Å². The lowest BCUT2D eigenvalue weighted by molar-refractivity contribution is -0.128. The Morgan fingerprint density at radius 2 is 2.31 bits per heavy atom. The quantitative estimate of drug-likeness (QED) is 0.595. The van der Waals surface area contributed by atoms with Gasteiger partial charge < -0.3 is 9.83 Å². The van der Waals surface area contributed by atoms with Crippen molar-refractivity contribution in [3.8, 4) is 0 Å². The molecule has 2 unspecified atom stereocenters. The van der Waals surface area contributed by atoms with Crippen molar-refractivity contribution < 1.29 is 14.2 Å². The first-order valence-corrected chi connectivity index (χ1v) is 4.73. The van der Waals surface area contributed by atoms with Gasteiger partial charge in [-0.3, -0.25) is 4.79 Å². The Morgan fingerprint density at radius 1 is 1.62 bits per heavy atom. The molecule has 2 heterocycles. The molecule has 13 heavy (non-hydrogen) atoms. The highest BCUT2D eigenvalue weighted by molar-refractivity contribution is 6.45. The molecule has 1 N–H and O–H groups in total. The van der Waals surface area contributed by atoms with Crippen molar-refractivity contribution in [1.82, 2.24) is 4.81 Å². The summed E-state index contributed by atoms with van der Waals surface area (Å²) in [5, 5.41) is 9.41. The van der Waals surface area contributed by atoms with Crippen LogP contribution in [-0.2, 0) is 4.79 Å². The van der Waals surface area contributed by atoms with Crippen LogP contribution in [0.1, 0.15) is 19.3 Å². The van der Waals surface area contributed by atoms with Crippen molar-refractivity contribution in [2.45, 2.75) is 44.3 Å². The summed E-state index contributed by atoms with van der Waals surface area (Å²) in [6.07, 6.45) is 0.417. The molecular weight excluding hydrogens is 172 g/mol. The molecule has 72 valence electrons. The van der Waals surface area contributed by atoms with Gasteiger partial charge in [-0.1, -0.05) is 0 Å². The van der Waals surface area contributed by atoms with Crippen LogP contribution in [0.4, 0.5) is 4.39 Å². The van der Waals surface area contributed by atoms with Gasteiger partial charge in [0.1, 0.15) is 0 Å². The number of carbonyl (C=O) groups excluding carboxylic acids is 1. The Balaban J connectivity index is 2.21. The van der Waals surface area contributed by atoms with Crippen molar-refractivity contribution in [3.63, 3.8) is 0 Å². The van der Waals surface area contributed by atoms with Crippen LogP contribution in [0.25, 0.3) is 0 Å². The molecule has 0 spiro atoms. The fraction of sp³-hybridized carbons (Fsp3) is 0.875. The number of alkyl halides is 1. The highest BCUT2D eigenvalue weighted by Gasteiger charge is 2.49. The molecule has 0 aromatic heterocycles. The van der Waals surface area contributed by atoms with E-state index in [1.807, 2.05) is 0 Å². The number of fused-ring (bicyclic) bond motifs is 2. The van der Waals surface area contributed by atoms with Crippen molar-refractivity contribution in [1.29, 1.82) is 0 Å². The molecule has 0 aromatic rings. The van der Waals surface area contributed by atoms with Gasteiger partial charge in [0.2, 0.25) is 0 Å². The third-order valence-corrected chi connectivity index (χ3v) is 3.11. The van der Waals surface area contributed by atoms with Crippen LogP contribution in [0, 0.1) is 0 Å². The van der Waals surface area contributed by atoms with E-state index < -0.39 is 13.2 Å². The maximum absolute atomic E-state index is 13.4. The van der Waals surface area contributed by atoms with E-state index in [9.17, 15) is 14.2 Å². The van der Waals surface area contributed by atoms with E-state index in [-0.39, 0.29) is 24.3 Å². The number of hydrogen-bond donors (Lipinski definition) is 1. The number of carbonyl (C=O) groups is 1. The predicted molar refractivity (Wildman–Crippen MR) is 47.0 cm³/mol. The van der Waals surface area contributed by atoms with Crippen LogP contribution >= 0.6 is 0 Å². The minimum atomic E-state index is -1.38. The number of rotatable bonds is 1. The highest BCUT2D eigenvalue weighted by Crippen LogP contribution is 2.35. The molecule has 2 aliphatic rings. The zero-order valence-corrected chi connectivity index (χ0v) is 7.61.